The third-order valence-corrected chi connectivity index (χ3v) is 5.67. The Morgan fingerprint density at radius 1 is 1.21 bits per heavy atom. The molecule has 7 nitrogen and oxygen atoms in total. The van der Waals surface area contributed by atoms with E-state index in [2.05, 4.69) is 20.8 Å². The first kappa shape index (κ1) is 17.9. The van der Waals surface area contributed by atoms with Gasteiger partial charge in [-0.25, -0.2) is 9.18 Å². The molecule has 0 radical (unpaired) electrons. The summed E-state index contributed by atoms with van der Waals surface area (Å²) < 4.78 is 25.5. The minimum atomic E-state index is -0.462. The number of para-hydroxylation sites is 1. The van der Waals surface area contributed by atoms with Crippen LogP contribution in [-0.2, 0) is 4.74 Å². The van der Waals surface area contributed by atoms with Crippen molar-refractivity contribution in [3.8, 4) is 5.75 Å². The van der Waals surface area contributed by atoms with Crippen molar-refractivity contribution in [3.05, 3.63) is 53.8 Å². The van der Waals surface area contributed by atoms with Gasteiger partial charge in [-0.15, -0.1) is 0 Å². The minimum Gasteiger partial charge on any atom is -0.487 e. The molecule has 29 heavy (non-hydrogen) atoms. The van der Waals surface area contributed by atoms with E-state index < -0.39 is 5.60 Å². The fourth-order valence-corrected chi connectivity index (χ4v) is 4.18. The van der Waals surface area contributed by atoms with E-state index in [-0.39, 0.29) is 17.9 Å². The number of anilines is 1. The largest absolute Gasteiger partial charge is 0.487 e. The number of rotatable bonds is 2. The van der Waals surface area contributed by atoms with Crippen LogP contribution in [0.5, 0.6) is 5.75 Å². The molecule has 3 aromatic rings. The average Bonchev–Trinajstić information content (AvgIpc) is 3.11. The van der Waals surface area contributed by atoms with Crippen LogP contribution in [0.15, 0.2) is 42.5 Å². The van der Waals surface area contributed by atoms with Gasteiger partial charge in [-0.3, -0.25) is 10.4 Å². The van der Waals surface area contributed by atoms with Gasteiger partial charge >= 0.3 is 6.03 Å². The van der Waals surface area contributed by atoms with E-state index in [9.17, 15) is 9.18 Å². The number of hydrogen-bond donors (Lipinski definition) is 3. The molecule has 1 saturated heterocycles. The Morgan fingerprint density at radius 2 is 2.03 bits per heavy atom. The summed E-state index contributed by atoms with van der Waals surface area (Å²) >= 11 is 0. The summed E-state index contributed by atoms with van der Waals surface area (Å²) in [4.78, 5) is 12.8. The normalized spacial score (nSPS) is 20.1. The van der Waals surface area contributed by atoms with Crippen molar-refractivity contribution in [2.24, 2.45) is 0 Å². The first-order valence-corrected chi connectivity index (χ1v) is 9.69. The number of nitrogens with one attached hydrogen (secondary N) is 3. The molecule has 2 aliphatic rings. The van der Waals surface area contributed by atoms with Gasteiger partial charge < -0.3 is 14.8 Å². The Hall–Kier alpha value is -3.13. The summed E-state index contributed by atoms with van der Waals surface area (Å²) in [6, 6.07) is 11.3. The van der Waals surface area contributed by atoms with Crippen LogP contribution < -0.4 is 15.4 Å². The van der Waals surface area contributed by atoms with Crippen molar-refractivity contribution in [2.45, 2.75) is 30.9 Å². The summed E-state index contributed by atoms with van der Waals surface area (Å²) in [7, 11) is 0. The highest BCUT2D eigenvalue weighted by Gasteiger charge is 2.43. The quantitative estimate of drug-likeness (QED) is 0.613. The molecule has 150 valence electrons. The predicted molar refractivity (Wildman–Crippen MR) is 105 cm³/mol. The van der Waals surface area contributed by atoms with E-state index >= 15 is 0 Å². The summed E-state index contributed by atoms with van der Waals surface area (Å²) in [5.41, 5.74) is 1.15. The van der Waals surface area contributed by atoms with Crippen LogP contribution in [0.4, 0.5) is 15.0 Å². The molecule has 3 N–H and O–H groups in total. The number of urea groups is 1. The number of hydrogen-bond acceptors (Lipinski definition) is 4. The summed E-state index contributed by atoms with van der Waals surface area (Å²) in [5, 5.41) is 13.7. The first-order valence-electron chi connectivity index (χ1n) is 9.69. The van der Waals surface area contributed by atoms with Crippen molar-refractivity contribution < 1.29 is 18.7 Å². The third kappa shape index (κ3) is 3.40. The Morgan fingerprint density at radius 3 is 2.90 bits per heavy atom. The van der Waals surface area contributed by atoms with Gasteiger partial charge in [0.2, 0.25) is 0 Å². The van der Waals surface area contributed by atoms with Crippen molar-refractivity contribution in [2.75, 3.05) is 18.5 Å². The molecule has 1 atom stereocenters. The molecule has 1 fully saturated rings. The maximum atomic E-state index is 13.8. The van der Waals surface area contributed by atoms with E-state index in [1.54, 1.807) is 6.07 Å². The molecule has 8 heteroatoms. The molecule has 1 spiro atoms. The van der Waals surface area contributed by atoms with Gasteiger partial charge in [-0.05, 0) is 18.2 Å². The highest BCUT2D eigenvalue weighted by molar-refractivity contribution is 5.98. The summed E-state index contributed by atoms with van der Waals surface area (Å²) in [5.74, 6) is 0.581. The van der Waals surface area contributed by atoms with Gasteiger partial charge in [-0.2, -0.15) is 5.10 Å². The average molecular weight is 396 g/mol. The number of fused-ring (bicyclic) bond motifs is 2. The molecule has 2 aliphatic heterocycles. The van der Waals surface area contributed by atoms with E-state index in [4.69, 9.17) is 9.47 Å². The SMILES string of the molecule is O=C(Nc1n[nH]c2ccccc12)NC1CC2(CCOCC2)Oc2cc(F)ccc21. The summed E-state index contributed by atoms with van der Waals surface area (Å²) in [6.07, 6.45) is 2.00. The van der Waals surface area contributed by atoms with Crippen LogP contribution >= 0.6 is 0 Å². The lowest BCUT2D eigenvalue weighted by molar-refractivity contribution is -0.0637. The molecular weight excluding hydrogens is 375 g/mol. The van der Waals surface area contributed by atoms with E-state index in [0.717, 1.165) is 16.5 Å². The Kier molecular flexibility index (Phi) is 4.35. The lowest BCUT2D eigenvalue weighted by atomic mass is 9.82. The van der Waals surface area contributed by atoms with Gasteiger partial charge in [-0.1, -0.05) is 18.2 Å². The van der Waals surface area contributed by atoms with E-state index in [1.807, 2.05) is 24.3 Å². The van der Waals surface area contributed by atoms with E-state index in [0.29, 0.717) is 44.0 Å². The lowest BCUT2D eigenvalue weighted by Gasteiger charge is -2.44. The number of aromatic amines is 1. The van der Waals surface area contributed by atoms with E-state index in [1.165, 1.54) is 12.1 Å². The van der Waals surface area contributed by atoms with Crippen LogP contribution in [0.3, 0.4) is 0 Å². The van der Waals surface area contributed by atoms with Gasteiger partial charge in [0.15, 0.2) is 5.82 Å². The number of carbonyl (C=O) groups excluding carboxylic acids is 1. The maximum absolute atomic E-state index is 13.8. The molecule has 0 aliphatic carbocycles. The van der Waals surface area contributed by atoms with Crippen molar-refractivity contribution >= 4 is 22.8 Å². The smallest absolute Gasteiger partial charge is 0.320 e. The zero-order chi connectivity index (χ0) is 19.8. The molecular formula is C21H21FN4O3. The van der Waals surface area contributed by atoms with Crippen LogP contribution in [0.2, 0.25) is 0 Å². The Balaban J connectivity index is 1.39. The predicted octanol–water partition coefficient (Wildman–Crippen LogP) is 3.90. The zero-order valence-corrected chi connectivity index (χ0v) is 15.7. The number of halogens is 1. The third-order valence-electron chi connectivity index (χ3n) is 5.67. The molecule has 0 bridgehead atoms. The number of ether oxygens (including phenoxy) is 2. The summed E-state index contributed by atoms with van der Waals surface area (Å²) in [6.45, 7) is 1.17. The molecule has 1 aromatic heterocycles. The number of amides is 2. The zero-order valence-electron chi connectivity index (χ0n) is 15.7. The van der Waals surface area contributed by atoms with Crippen LogP contribution in [-0.4, -0.2) is 35.0 Å². The van der Waals surface area contributed by atoms with Crippen LogP contribution in [0, 0.1) is 5.82 Å². The molecule has 3 heterocycles. The second kappa shape index (κ2) is 7.04. The second-order valence-electron chi connectivity index (χ2n) is 7.55. The Bertz CT molecular complexity index is 1060. The molecule has 2 amide bonds. The van der Waals surface area contributed by atoms with Gasteiger partial charge in [0.25, 0.3) is 0 Å². The number of nitrogens with zero attached hydrogens (tertiary/aromatic N) is 1. The maximum Gasteiger partial charge on any atom is 0.320 e. The molecule has 2 aromatic carbocycles. The number of H-pyrrole nitrogens is 1. The topological polar surface area (TPSA) is 88.3 Å². The van der Waals surface area contributed by atoms with Crippen molar-refractivity contribution in [3.63, 3.8) is 0 Å². The standard InChI is InChI=1S/C21H21FN4O3/c22-13-5-6-14-17(12-21(29-18(14)11-13)7-9-28-10-8-21)23-20(27)24-19-15-3-1-2-4-16(15)25-26-19/h1-6,11,17H,7-10,12H2,(H3,23,24,25,26,27). The second-order valence-corrected chi connectivity index (χ2v) is 7.55. The van der Waals surface area contributed by atoms with Gasteiger partial charge in [0.05, 0.1) is 24.8 Å². The Labute approximate surface area is 166 Å². The first-order chi connectivity index (χ1) is 14.1. The molecule has 1 unspecified atom stereocenters. The van der Waals surface area contributed by atoms with Gasteiger partial charge in [0.1, 0.15) is 17.2 Å². The highest BCUT2D eigenvalue weighted by atomic mass is 19.1. The fraction of sp³-hybridized carbons (Fsp3) is 0.333. The monoisotopic (exact) mass is 396 g/mol. The number of benzene rings is 2. The molecule has 5 rings (SSSR count). The minimum absolute atomic E-state index is 0.303. The van der Waals surface area contributed by atoms with Crippen LogP contribution in [0.1, 0.15) is 30.9 Å². The number of carbonyl (C=O) groups is 1. The van der Waals surface area contributed by atoms with Crippen molar-refractivity contribution in [1.82, 2.24) is 15.5 Å². The molecule has 0 saturated carbocycles. The fourth-order valence-electron chi connectivity index (χ4n) is 4.18. The number of aromatic nitrogens is 2. The van der Waals surface area contributed by atoms with Gasteiger partial charge in [0, 0.05) is 36.3 Å². The lowest BCUT2D eigenvalue weighted by Crippen LogP contribution is -2.49. The highest BCUT2D eigenvalue weighted by Crippen LogP contribution is 2.44. The van der Waals surface area contributed by atoms with Crippen molar-refractivity contribution in [1.29, 1.82) is 0 Å². The van der Waals surface area contributed by atoms with Crippen LogP contribution in [0.25, 0.3) is 10.9 Å².